The van der Waals surface area contributed by atoms with Crippen LogP contribution in [0.2, 0.25) is 0 Å². The first-order valence-corrected chi connectivity index (χ1v) is 9.51. The second-order valence-corrected chi connectivity index (χ2v) is 7.55. The number of nitriles is 1. The lowest BCUT2D eigenvalue weighted by atomic mass is 10.0. The van der Waals surface area contributed by atoms with E-state index in [4.69, 9.17) is 5.26 Å². The first-order valence-electron chi connectivity index (χ1n) is 8.70. The Labute approximate surface area is 180 Å². The number of nitrogens with zero attached hydrogens (tertiary/aromatic N) is 5. The normalized spacial score (nSPS) is 13.0. The molecule has 1 N–H and O–H groups in total. The van der Waals surface area contributed by atoms with Crippen LogP contribution in [0.4, 0.5) is 26.3 Å². The van der Waals surface area contributed by atoms with Gasteiger partial charge in [0.2, 0.25) is 5.13 Å². The molecule has 2 heterocycles. The molecule has 2 aromatic heterocycles. The van der Waals surface area contributed by atoms with Crippen molar-refractivity contribution in [2.45, 2.75) is 32.2 Å². The van der Waals surface area contributed by atoms with Gasteiger partial charge in [0, 0.05) is 5.56 Å². The van der Waals surface area contributed by atoms with Crippen molar-refractivity contribution >= 4 is 17.2 Å². The molecule has 0 aliphatic rings. The average molecular weight is 474 g/mol. The van der Waals surface area contributed by atoms with Crippen molar-refractivity contribution in [1.29, 1.82) is 5.26 Å². The van der Waals surface area contributed by atoms with Gasteiger partial charge in [-0.15, -0.1) is 5.10 Å². The Balaban J connectivity index is 1.94. The molecule has 1 aromatic carbocycles. The standard InChI is InChI=1S/C18H12F6N6OS/c1-8(14-28-9(2)29-30(14)16-26-7-13(6-25)32-16)27-15(31)10-3-11(17(19,20)21)5-12(4-10)18(22,23)24/h3-5,7-8H,1-2H3,(H,27,31)/t8-/m0/s1. The summed E-state index contributed by atoms with van der Waals surface area (Å²) in [5, 5.41) is 15.6. The Morgan fingerprint density at radius 1 is 1.16 bits per heavy atom. The fourth-order valence-corrected chi connectivity index (χ4v) is 3.37. The van der Waals surface area contributed by atoms with Crippen molar-refractivity contribution in [3.05, 3.63) is 57.6 Å². The summed E-state index contributed by atoms with van der Waals surface area (Å²) in [4.78, 5) is 21.0. The van der Waals surface area contributed by atoms with E-state index in [9.17, 15) is 31.1 Å². The van der Waals surface area contributed by atoms with Gasteiger partial charge in [-0.05, 0) is 32.0 Å². The van der Waals surface area contributed by atoms with Crippen molar-refractivity contribution in [3.63, 3.8) is 0 Å². The van der Waals surface area contributed by atoms with E-state index in [1.807, 2.05) is 6.07 Å². The third kappa shape index (κ3) is 4.88. The predicted octanol–water partition coefficient (Wildman–Crippen LogP) is 4.43. The number of halogens is 6. The van der Waals surface area contributed by atoms with Gasteiger partial charge in [-0.3, -0.25) is 4.79 Å². The Morgan fingerprint density at radius 3 is 2.25 bits per heavy atom. The largest absolute Gasteiger partial charge is 0.416 e. The Hall–Kier alpha value is -3.47. The molecule has 0 unspecified atom stereocenters. The van der Waals surface area contributed by atoms with E-state index >= 15 is 0 Å². The lowest BCUT2D eigenvalue weighted by Crippen LogP contribution is -2.29. The zero-order chi connectivity index (χ0) is 23.8. The van der Waals surface area contributed by atoms with Crippen LogP contribution in [0.5, 0.6) is 0 Å². The molecule has 0 aliphatic heterocycles. The van der Waals surface area contributed by atoms with Crippen LogP contribution in [0.25, 0.3) is 5.13 Å². The molecule has 168 valence electrons. The zero-order valence-electron chi connectivity index (χ0n) is 16.2. The highest BCUT2D eigenvalue weighted by molar-refractivity contribution is 7.14. The lowest BCUT2D eigenvalue weighted by Gasteiger charge is -2.16. The van der Waals surface area contributed by atoms with Crippen LogP contribution in [-0.2, 0) is 12.4 Å². The van der Waals surface area contributed by atoms with E-state index in [1.54, 1.807) is 0 Å². The van der Waals surface area contributed by atoms with E-state index in [0.29, 0.717) is 12.1 Å². The van der Waals surface area contributed by atoms with Gasteiger partial charge < -0.3 is 5.32 Å². The summed E-state index contributed by atoms with van der Waals surface area (Å²) in [6, 6.07) is 1.55. The van der Waals surface area contributed by atoms with Gasteiger partial charge in [0.25, 0.3) is 5.91 Å². The van der Waals surface area contributed by atoms with Crippen molar-refractivity contribution in [2.24, 2.45) is 0 Å². The van der Waals surface area contributed by atoms with E-state index in [2.05, 4.69) is 20.4 Å². The SMILES string of the molecule is Cc1nc([C@H](C)NC(=O)c2cc(C(F)(F)F)cc(C(F)(F)F)c2)n(-c2ncc(C#N)s2)n1. The molecule has 32 heavy (non-hydrogen) atoms. The van der Waals surface area contributed by atoms with Crippen LogP contribution >= 0.6 is 11.3 Å². The van der Waals surface area contributed by atoms with Gasteiger partial charge in [0.15, 0.2) is 5.82 Å². The van der Waals surface area contributed by atoms with E-state index in [1.165, 1.54) is 24.7 Å². The molecule has 1 atom stereocenters. The second kappa shape index (κ2) is 8.23. The summed E-state index contributed by atoms with van der Waals surface area (Å²) in [5.74, 6) is -0.774. The summed E-state index contributed by atoms with van der Waals surface area (Å²) in [6.07, 6.45) is -8.86. The van der Waals surface area contributed by atoms with Gasteiger partial charge in [0.1, 0.15) is 16.8 Å². The maximum atomic E-state index is 13.1. The van der Waals surface area contributed by atoms with Gasteiger partial charge >= 0.3 is 12.4 Å². The zero-order valence-corrected chi connectivity index (χ0v) is 17.0. The summed E-state index contributed by atoms with van der Waals surface area (Å²) in [5.41, 5.74) is -4.02. The van der Waals surface area contributed by atoms with Crippen molar-refractivity contribution < 1.29 is 31.1 Å². The van der Waals surface area contributed by atoms with E-state index in [0.717, 1.165) is 11.3 Å². The minimum Gasteiger partial charge on any atom is -0.342 e. The highest BCUT2D eigenvalue weighted by atomic mass is 32.1. The monoisotopic (exact) mass is 474 g/mol. The molecular formula is C18H12F6N6OS. The van der Waals surface area contributed by atoms with Crippen LogP contribution in [0, 0.1) is 18.3 Å². The van der Waals surface area contributed by atoms with Gasteiger partial charge in [-0.2, -0.15) is 36.3 Å². The van der Waals surface area contributed by atoms with Crippen LogP contribution in [0.1, 0.15) is 51.0 Å². The maximum Gasteiger partial charge on any atom is 0.416 e. The summed E-state index contributed by atoms with van der Waals surface area (Å²) >= 11 is 0.981. The molecule has 0 saturated carbocycles. The number of hydrogen-bond donors (Lipinski definition) is 1. The van der Waals surface area contributed by atoms with Crippen LogP contribution in [-0.4, -0.2) is 25.7 Å². The number of hydrogen-bond acceptors (Lipinski definition) is 6. The minimum absolute atomic E-state index is 0.0601. The molecule has 1 amide bonds. The van der Waals surface area contributed by atoms with Gasteiger partial charge in [-0.25, -0.2) is 9.97 Å². The Bertz CT molecular complexity index is 1170. The number of nitrogens with one attached hydrogen (secondary N) is 1. The highest BCUT2D eigenvalue weighted by Crippen LogP contribution is 2.36. The lowest BCUT2D eigenvalue weighted by molar-refractivity contribution is -0.143. The van der Waals surface area contributed by atoms with E-state index in [-0.39, 0.29) is 27.7 Å². The average Bonchev–Trinajstić information content (AvgIpc) is 3.32. The number of amides is 1. The highest BCUT2D eigenvalue weighted by Gasteiger charge is 2.37. The first kappa shape index (κ1) is 23.2. The van der Waals surface area contributed by atoms with E-state index < -0.39 is 41.0 Å². The number of aryl methyl sites for hydroxylation is 1. The van der Waals surface area contributed by atoms with Crippen LogP contribution in [0.3, 0.4) is 0 Å². The number of alkyl halides is 6. The predicted molar refractivity (Wildman–Crippen MR) is 98.8 cm³/mol. The first-order chi connectivity index (χ1) is 14.8. The Morgan fingerprint density at radius 2 is 1.75 bits per heavy atom. The minimum atomic E-state index is -5.08. The van der Waals surface area contributed by atoms with Crippen LogP contribution in [0.15, 0.2) is 24.4 Å². The molecule has 0 spiro atoms. The smallest absolute Gasteiger partial charge is 0.342 e. The third-order valence-electron chi connectivity index (χ3n) is 4.11. The number of rotatable bonds is 4. The Kier molecular flexibility index (Phi) is 5.96. The number of benzene rings is 1. The molecule has 0 saturated heterocycles. The number of thiazole rings is 1. The van der Waals surface area contributed by atoms with Gasteiger partial charge in [0.05, 0.1) is 23.4 Å². The van der Waals surface area contributed by atoms with Gasteiger partial charge in [-0.1, -0.05) is 11.3 Å². The number of carbonyl (C=O) groups is 1. The van der Waals surface area contributed by atoms with Crippen molar-refractivity contribution in [2.75, 3.05) is 0 Å². The second-order valence-electron chi connectivity index (χ2n) is 6.54. The molecule has 0 bridgehead atoms. The summed E-state index contributed by atoms with van der Waals surface area (Å²) in [7, 11) is 0. The van der Waals surface area contributed by atoms with Crippen LogP contribution < -0.4 is 5.32 Å². The topological polar surface area (TPSA) is 96.5 Å². The maximum absolute atomic E-state index is 13.1. The summed E-state index contributed by atoms with van der Waals surface area (Å²) in [6.45, 7) is 2.96. The van der Waals surface area contributed by atoms with Crippen molar-refractivity contribution in [3.8, 4) is 11.2 Å². The third-order valence-corrected chi connectivity index (χ3v) is 4.99. The molecule has 0 radical (unpaired) electrons. The molecule has 7 nitrogen and oxygen atoms in total. The molecule has 3 rings (SSSR count). The summed E-state index contributed by atoms with van der Waals surface area (Å²) < 4.78 is 79.5. The molecular weight excluding hydrogens is 462 g/mol. The molecule has 14 heteroatoms. The molecule has 0 aliphatic carbocycles. The molecule has 3 aromatic rings. The molecule has 0 fully saturated rings. The fraction of sp³-hybridized carbons (Fsp3) is 0.278. The fourth-order valence-electron chi connectivity index (χ4n) is 2.70. The number of aromatic nitrogens is 4. The number of carbonyl (C=O) groups excluding carboxylic acids is 1. The quantitative estimate of drug-likeness (QED) is 0.565. The van der Waals surface area contributed by atoms with Crippen molar-refractivity contribution in [1.82, 2.24) is 25.1 Å².